The van der Waals surface area contributed by atoms with Crippen LogP contribution in [0.1, 0.15) is 38.9 Å². The molecular weight excluding hydrogens is 566 g/mol. The first-order chi connectivity index (χ1) is 20.1. The monoisotopic (exact) mass is 605 g/mol. The minimum absolute atomic E-state index is 0.00257. The van der Waals surface area contributed by atoms with Crippen LogP contribution >= 0.6 is 0 Å². The first kappa shape index (κ1) is 34.6. The molecule has 1 aliphatic heterocycles. The van der Waals surface area contributed by atoms with E-state index in [1.165, 1.54) is 50.2 Å². The van der Waals surface area contributed by atoms with Crippen molar-refractivity contribution in [2.45, 2.75) is 69.6 Å². The van der Waals surface area contributed by atoms with Gasteiger partial charge in [0.1, 0.15) is 30.3 Å². The molecular formula is C26H39N9O8. The molecule has 1 aromatic heterocycles. The molecule has 0 aliphatic carbocycles. The largest absolute Gasteiger partial charge is 0.480 e. The highest BCUT2D eigenvalue weighted by molar-refractivity contribution is 5.95. The summed E-state index contributed by atoms with van der Waals surface area (Å²) in [6.07, 6.45) is 1.64. The second kappa shape index (κ2) is 15.6. The van der Waals surface area contributed by atoms with E-state index in [2.05, 4.69) is 26.3 Å². The Morgan fingerprint density at radius 2 is 1.51 bits per heavy atom. The van der Waals surface area contributed by atoms with Crippen LogP contribution in [0.25, 0.3) is 0 Å². The fourth-order valence-corrected chi connectivity index (χ4v) is 3.99. The summed E-state index contributed by atoms with van der Waals surface area (Å²) in [6, 6.07) is -3.97. The van der Waals surface area contributed by atoms with Crippen LogP contribution in [-0.2, 0) is 24.0 Å². The number of carboxylic acid groups (broad SMARTS) is 1. The smallest absolute Gasteiger partial charge is 0.329 e. The maximum atomic E-state index is 13.1. The van der Waals surface area contributed by atoms with E-state index in [0.717, 1.165) is 0 Å². The van der Waals surface area contributed by atoms with Gasteiger partial charge in [-0.15, -0.1) is 0 Å². The Bertz CT molecular complexity index is 1230. The Labute approximate surface area is 247 Å². The van der Waals surface area contributed by atoms with Crippen molar-refractivity contribution in [1.82, 2.24) is 31.2 Å². The summed E-state index contributed by atoms with van der Waals surface area (Å²) < 4.78 is 0. The molecule has 12 N–H and O–H groups in total. The van der Waals surface area contributed by atoms with E-state index in [9.17, 15) is 39.3 Å². The molecule has 0 spiro atoms. The van der Waals surface area contributed by atoms with Gasteiger partial charge in [-0.1, -0.05) is 11.6 Å². The van der Waals surface area contributed by atoms with Crippen LogP contribution in [0.2, 0.25) is 0 Å². The summed E-state index contributed by atoms with van der Waals surface area (Å²) in [4.78, 5) is 68.2. The standard InChI is InChI=1S/C26H39N9O8/c1-12(21(38)31-13(2)22(39)34-19(25(42)43)20(37)16-4-7-30-8-5-16)32-23(40)17(33-24(41)18(27)14(3)36)10-15-6-9-35(11-15)26(28)29/h4-8,12-14,17-20,36-37H,9-11,27H2,1-3H3,(H3,28,29)(H,31,38)(H,32,40)(H,33,41)(H,34,39)(H,42,43). The molecule has 7 atom stereocenters. The van der Waals surface area contributed by atoms with Gasteiger partial charge in [0.25, 0.3) is 0 Å². The van der Waals surface area contributed by atoms with E-state index in [4.69, 9.17) is 16.9 Å². The van der Waals surface area contributed by atoms with Crippen LogP contribution in [0.4, 0.5) is 0 Å². The lowest BCUT2D eigenvalue weighted by molar-refractivity contribution is -0.145. The number of hydrogen-bond donors (Lipinski definition) is 10. The van der Waals surface area contributed by atoms with Crippen molar-refractivity contribution in [2.24, 2.45) is 11.5 Å². The molecule has 0 bridgehead atoms. The highest BCUT2D eigenvalue weighted by atomic mass is 16.4. The minimum atomic E-state index is -1.73. The van der Waals surface area contributed by atoms with Gasteiger partial charge in [-0.25, -0.2) is 4.79 Å². The number of aliphatic hydroxyl groups is 2. The molecule has 2 heterocycles. The fraction of sp³-hybridized carbons (Fsp3) is 0.500. The van der Waals surface area contributed by atoms with Crippen LogP contribution in [0, 0.1) is 5.41 Å². The lowest BCUT2D eigenvalue weighted by Gasteiger charge is -2.25. The van der Waals surface area contributed by atoms with Crippen LogP contribution in [-0.4, -0.2) is 110 Å². The van der Waals surface area contributed by atoms with Gasteiger partial charge in [0.05, 0.1) is 6.10 Å². The summed E-state index contributed by atoms with van der Waals surface area (Å²) in [5.41, 5.74) is 12.1. The number of amides is 4. The number of rotatable bonds is 14. The summed E-state index contributed by atoms with van der Waals surface area (Å²) in [6.45, 7) is 4.51. The van der Waals surface area contributed by atoms with Gasteiger partial charge in [0.15, 0.2) is 12.0 Å². The van der Waals surface area contributed by atoms with Crippen LogP contribution in [0.5, 0.6) is 0 Å². The maximum absolute atomic E-state index is 13.1. The van der Waals surface area contributed by atoms with E-state index >= 15 is 0 Å². The first-order valence-electron chi connectivity index (χ1n) is 13.3. The molecule has 0 aromatic carbocycles. The first-order valence-corrected chi connectivity index (χ1v) is 13.3. The lowest BCUT2D eigenvalue weighted by Crippen LogP contribution is -2.58. The van der Waals surface area contributed by atoms with E-state index in [-0.39, 0.29) is 24.5 Å². The average Bonchev–Trinajstić information content (AvgIpc) is 3.43. The normalized spacial score (nSPS) is 17.6. The maximum Gasteiger partial charge on any atom is 0.329 e. The van der Waals surface area contributed by atoms with Crippen molar-refractivity contribution in [3.63, 3.8) is 0 Å². The molecule has 1 aliphatic rings. The summed E-state index contributed by atoms with van der Waals surface area (Å²) in [7, 11) is 0. The van der Waals surface area contributed by atoms with Crippen molar-refractivity contribution in [3.8, 4) is 0 Å². The third kappa shape index (κ3) is 10.0. The molecule has 0 saturated heterocycles. The van der Waals surface area contributed by atoms with E-state index in [1.807, 2.05) is 0 Å². The molecule has 1 aromatic rings. The zero-order chi connectivity index (χ0) is 32.4. The fourth-order valence-electron chi connectivity index (χ4n) is 3.99. The van der Waals surface area contributed by atoms with Gasteiger partial charge < -0.3 is 53.0 Å². The third-order valence-electron chi connectivity index (χ3n) is 6.69. The van der Waals surface area contributed by atoms with Crippen molar-refractivity contribution >= 4 is 35.6 Å². The van der Waals surface area contributed by atoms with Gasteiger partial charge in [0.2, 0.25) is 23.6 Å². The summed E-state index contributed by atoms with van der Waals surface area (Å²) >= 11 is 0. The predicted molar refractivity (Wildman–Crippen MR) is 152 cm³/mol. The number of aliphatic hydroxyl groups excluding tert-OH is 2. The molecule has 0 fully saturated rings. The predicted octanol–water partition coefficient (Wildman–Crippen LogP) is -3.59. The van der Waals surface area contributed by atoms with Gasteiger partial charge in [-0.05, 0) is 44.9 Å². The van der Waals surface area contributed by atoms with Gasteiger partial charge in [-0.3, -0.25) is 29.6 Å². The van der Waals surface area contributed by atoms with Crippen molar-refractivity contribution in [2.75, 3.05) is 13.1 Å². The number of aliphatic carboxylic acids is 1. The highest BCUT2D eigenvalue weighted by Crippen LogP contribution is 2.17. The average molecular weight is 606 g/mol. The number of carboxylic acids is 1. The SMILES string of the molecule is CC(NC(=O)C(C)NC(=O)C(CC1=CCN(C(=N)N)C1)NC(=O)C(N)C(C)O)C(=O)NC(C(=O)O)C(O)c1ccncc1. The van der Waals surface area contributed by atoms with E-state index in [0.29, 0.717) is 12.1 Å². The Morgan fingerprint density at radius 1 is 0.953 bits per heavy atom. The molecule has 43 heavy (non-hydrogen) atoms. The second-order valence-corrected chi connectivity index (χ2v) is 10.2. The Hall–Kier alpha value is -4.61. The van der Waals surface area contributed by atoms with Crippen molar-refractivity contribution in [3.05, 3.63) is 41.7 Å². The number of carbonyl (C=O) groups is 5. The topological polar surface area (TPSA) is 286 Å². The van der Waals surface area contributed by atoms with Crippen LogP contribution < -0.4 is 32.7 Å². The van der Waals surface area contributed by atoms with Gasteiger partial charge in [0, 0.05) is 25.5 Å². The molecule has 4 amide bonds. The summed E-state index contributed by atoms with van der Waals surface area (Å²) in [5.74, 6) is -4.96. The third-order valence-corrected chi connectivity index (χ3v) is 6.69. The van der Waals surface area contributed by atoms with Crippen LogP contribution in [0.3, 0.4) is 0 Å². The quantitative estimate of drug-likeness (QED) is 0.0559. The van der Waals surface area contributed by atoms with E-state index in [1.54, 1.807) is 6.08 Å². The molecule has 0 radical (unpaired) electrons. The van der Waals surface area contributed by atoms with Gasteiger partial charge in [-0.2, -0.15) is 0 Å². The lowest BCUT2D eigenvalue weighted by atomic mass is 10.0. The number of nitrogens with one attached hydrogen (secondary N) is 5. The molecule has 17 heteroatoms. The Balaban J connectivity index is 2.04. The van der Waals surface area contributed by atoms with Crippen LogP contribution in [0.15, 0.2) is 36.2 Å². The summed E-state index contributed by atoms with van der Waals surface area (Å²) in [5, 5.41) is 46.7. The number of carbonyl (C=O) groups excluding carboxylic acids is 4. The number of nitrogens with two attached hydrogens (primary N) is 2. The molecule has 2 rings (SSSR count). The second-order valence-electron chi connectivity index (χ2n) is 10.2. The number of pyridine rings is 1. The Kier molecular flexibility index (Phi) is 12.5. The zero-order valence-electron chi connectivity index (χ0n) is 24.0. The molecule has 236 valence electrons. The molecule has 17 nitrogen and oxygen atoms in total. The number of aromatic nitrogens is 1. The Morgan fingerprint density at radius 3 is 2.02 bits per heavy atom. The van der Waals surface area contributed by atoms with Crippen molar-refractivity contribution < 1.29 is 39.3 Å². The minimum Gasteiger partial charge on any atom is -0.480 e. The van der Waals surface area contributed by atoms with E-state index < -0.39 is 72.0 Å². The number of nitrogens with zero attached hydrogens (tertiary/aromatic N) is 2. The zero-order valence-corrected chi connectivity index (χ0v) is 24.0. The number of hydrogen-bond acceptors (Lipinski definition) is 10. The highest BCUT2D eigenvalue weighted by Gasteiger charge is 2.33. The van der Waals surface area contributed by atoms with Crippen molar-refractivity contribution in [1.29, 1.82) is 5.41 Å². The molecule has 7 unspecified atom stereocenters. The molecule has 0 saturated carbocycles. The van der Waals surface area contributed by atoms with Gasteiger partial charge >= 0.3 is 5.97 Å². The number of guanidine groups is 1.